The maximum Gasteiger partial charge on any atom is 0.378 e. The second kappa shape index (κ2) is 7.64. The summed E-state index contributed by atoms with van der Waals surface area (Å²) in [5, 5.41) is 20.9. The van der Waals surface area contributed by atoms with E-state index in [2.05, 4.69) is 10.2 Å². The number of ether oxygens (including phenoxy) is 1. The summed E-state index contributed by atoms with van der Waals surface area (Å²) in [6, 6.07) is 2.97. The summed E-state index contributed by atoms with van der Waals surface area (Å²) in [6.45, 7) is 2.02. The van der Waals surface area contributed by atoms with Crippen LogP contribution in [0, 0.1) is 5.21 Å². The Morgan fingerprint density at radius 3 is 2.96 bits per heavy atom. The van der Waals surface area contributed by atoms with E-state index in [0.717, 1.165) is 17.8 Å². The molecule has 1 fully saturated rings. The van der Waals surface area contributed by atoms with Crippen molar-refractivity contribution in [1.82, 2.24) is 19.7 Å². The first kappa shape index (κ1) is 19.9. The lowest BCUT2D eigenvalue weighted by molar-refractivity contribution is 0.00247. The predicted molar refractivity (Wildman–Crippen MR) is 97.4 cm³/mol. The Kier molecular flexibility index (Phi) is 5.63. The number of carbonyl (C=O) groups excluding carboxylic acids is 1. The molecular formula is C15H20N4O6S2. The third-order valence-electron chi connectivity index (χ3n) is 4.10. The van der Waals surface area contributed by atoms with Crippen LogP contribution in [0.2, 0.25) is 0 Å². The molecule has 1 saturated heterocycles. The Bertz CT molecular complexity index is 897. The first-order valence-electron chi connectivity index (χ1n) is 8.35. The summed E-state index contributed by atoms with van der Waals surface area (Å²) in [6.07, 6.45) is 1.45. The third kappa shape index (κ3) is 4.04. The van der Waals surface area contributed by atoms with E-state index in [1.54, 1.807) is 11.9 Å². The number of furan rings is 1. The molecule has 1 aliphatic heterocycles. The van der Waals surface area contributed by atoms with Crippen molar-refractivity contribution < 1.29 is 22.4 Å². The van der Waals surface area contributed by atoms with Crippen molar-refractivity contribution in [3.8, 4) is 0 Å². The van der Waals surface area contributed by atoms with Gasteiger partial charge in [-0.25, -0.2) is 18.1 Å². The fourth-order valence-corrected chi connectivity index (χ4v) is 5.33. The highest BCUT2D eigenvalue weighted by Gasteiger charge is 2.46. The van der Waals surface area contributed by atoms with Gasteiger partial charge in [0.15, 0.2) is 0 Å². The molecule has 0 N–H and O–H groups in total. The number of aromatic nitrogens is 2. The van der Waals surface area contributed by atoms with E-state index in [1.807, 2.05) is 6.92 Å². The molecule has 1 aliphatic rings. The molecule has 2 unspecified atom stereocenters. The number of carbonyl (C=O) groups is 1. The maximum atomic E-state index is 13.4. The SMILES string of the molecule is CCCCS(=O)(=O)c1nnc([N+]2([O-])CN(C)CC2OC(=O)c2ccco2)s1. The van der Waals surface area contributed by atoms with Gasteiger partial charge in [0.1, 0.15) is 6.67 Å². The summed E-state index contributed by atoms with van der Waals surface area (Å²) < 4.78 is 33.6. The number of nitrogens with zero attached hydrogens (tertiary/aromatic N) is 4. The van der Waals surface area contributed by atoms with Crippen LogP contribution in [0.25, 0.3) is 0 Å². The van der Waals surface area contributed by atoms with Gasteiger partial charge in [0.05, 0.1) is 18.6 Å². The van der Waals surface area contributed by atoms with Crippen molar-refractivity contribution in [1.29, 1.82) is 0 Å². The number of likely N-dealkylation sites (N-methyl/N-ethyl adjacent to an activating group) is 1. The number of unbranched alkanes of at least 4 members (excludes halogenated alkanes) is 1. The lowest BCUT2D eigenvalue weighted by Crippen LogP contribution is -2.50. The maximum absolute atomic E-state index is 13.4. The van der Waals surface area contributed by atoms with Crippen molar-refractivity contribution in [2.24, 2.45) is 0 Å². The molecule has 2 atom stereocenters. The van der Waals surface area contributed by atoms with Crippen molar-refractivity contribution in [3.05, 3.63) is 29.4 Å². The molecule has 0 saturated carbocycles. The summed E-state index contributed by atoms with van der Waals surface area (Å²) in [7, 11) is -1.89. The van der Waals surface area contributed by atoms with Crippen LogP contribution in [0.3, 0.4) is 0 Å². The Hall–Kier alpha value is -1.86. The van der Waals surface area contributed by atoms with Gasteiger partial charge >= 0.3 is 11.1 Å². The normalized spacial score (nSPS) is 23.6. The Morgan fingerprint density at radius 2 is 2.30 bits per heavy atom. The van der Waals surface area contributed by atoms with E-state index in [9.17, 15) is 18.4 Å². The molecule has 10 nitrogen and oxygen atoms in total. The van der Waals surface area contributed by atoms with E-state index in [1.165, 1.54) is 18.4 Å². The van der Waals surface area contributed by atoms with Gasteiger partial charge in [-0.15, -0.1) is 5.10 Å². The second-order valence-electron chi connectivity index (χ2n) is 6.34. The molecule has 0 aliphatic carbocycles. The van der Waals surface area contributed by atoms with Crippen LogP contribution >= 0.6 is 11.3 Å². The number of sulfone groups is 1. The minimum atomic E-state index is -3.59. The standard InChI is InChI=1S/C15H20N4O6S2/c1-3-4-8-27(22,23)15-17-16-14(26-15)19(21)10-18(2)9-12(19)25-13(20)11-6-5-7-24-11/h5-7,12H,3-4,8-10H2,1-2H3. The fraction of sp³-hybridized carbons (Fsp3) is 0.533. The molecule has 3 rings (SSSR count). The van der Waals surface area contributed by atoms with Crippen LogP contribution in [0.1, 0.15) is 30.3 Å². The molecule has 2 aromatic heterocycles. The lowest BCUT2D eigenvalue weighted by atomic mass is 10.4. The van der Waals surface area contributed by atoms with Crippen LogP contribution in [0.4, 0.5) is 5.13 Å². The van der Waals surface area contributed by atoms with Crippen molar-refractivity contribution >= 4 is 32.3 Å². The molecule has 0 radical (unpaired) electrons. The fourth-order valence-electron chi connectivity index (χ4n) is 2.69. The summed E-state index contributed by atoms with van der Waals surface area (Å²) in [5.41, 5.74) is 0. The van der Waals surface area contributed by atoms with Gasteiger partial charge in [0.25, 0.3) is 6.23 Å². The van der Waals surface area contributed by atoms with Crippen LogP contribution < -0.4 is 4.65 Å². The molecule has 0 aromatic carbocycles. The summed E-state index contributed by atoms with van der Waals surface area (Å²) in [5.74, 6) is -0.830. The molecule has 12 heteroatoms. The monoisotopic (exact) mass is 416 g/mol. The number of hydrogen-bond donors (Lipinski definition) is 0. The predicted octanol–water partition coefficient (Wildman–Crippen LogP) is 1.60. The number of rotatable bonds is 7. The molecular weight excluding hydrogens is 396 g/mol. The average Bonchev–Trinajstić information content (AvgIpc) is 3.34. The van der Waals surface area contributed by atoms with Crippen LogP contribution in [-0.4, -0.2) is 61.7 Å². The highest BCUT2D eigenvalue weighted by Crippen LogP contribution is 2.35. The molecule has 0 spiro atoms. The molecule has 2 aromatic rings. The largest absolute Gasteiger partial charge is 0.622 e. The average molecular weight is 416 g/mol. The van der Waals surface area contributed by atoms with Crippen molar-refractivity contribution in [2.45, 2.75) is 30.3 Å². The van der Waals surface area contributed by atoms with Gasteiger partial charge in [-0.3, -0.25) is 4.65 Å². The van der Waals surface area contributed by atoms with Gasteiger partial charge in [0.2, 0.25) is 19.9 Å². The zero-order chi connectivity index (χ0) is 19.7. The Balaban J connectivity index is 1.84. The van der Waals surface area contributed by atoms with Gasteiger partial charge in [-0.05, 0) is 36.9 Å². The highest BCUT2D eigenvalue weighted by molar-refractivity contribution is 7.93. The minimum Gasteiger partial charge on any atom is -0.622 e. The van der Waals surface area contributed by atoms with Crippen LogP contribution in [0.5, 0.6) is 0 Å². The molecule has 27 heavy (non-hydrogen) atoms. The van der Waals surface area contributed by atoms with E-state index in [4.69, 9.17) is 9.15 Å². The third-order valence-corrected chi connectivity index (χ3v) is 7.38. The van der Waals surface area contributed by atoms with E-state index < -0.39 is 26.7 Å². The molecule has 0 bridgehead atoms. The molecule has 0 amide bonds. The minimum absolute atomic E-state index is 0.0174. The zero-order valence-corrected chi connectivity index (χ0v) is 16.5. The molecule has 148 valence electrons. The first-order valence-corrected chi connectivity index (χ1v) is 10.8. The quantitative estimate of drug-likeness (QED) is 0.376. The zero-order valence-electron chi connectivity index (χ0n) is 14.9. The van der Waals surface area contributed by atoms with E-state index in [-0.39, 0.29) is 34.2 Å². The van der Waals surface area contributed by atoms with E-state index in [0.29, 0.717) is 6.42 Å². The Labute approximate surface area is 160 Å². The van der Waals surface area contributed by atoms with Crippen LogP contribution in [0.15, 0.2) is 27.2 Å². The topological polar surface area (TPSA) is 126 Å². The number of esters is 1. The highest BCUT2D eigenvalue weighted by atomic mass is 32.2. The first-order chi connectivity index (χ1) is 12.8. The smallest absolute Gasteiger partial charge is 0.378 e. The van der Waals surface area contributed by atoms with Crippen molar-refractivity contribution in [2.75, 3.05) is 26.0 Å². The summed E-state index contributed by atoms with van der Waals surface area (Å²) in [4.78, 5) is 13.8. The van der Waals surface area contributed by atoms with Gasteiger partial charge in [0, 0.05) is 0 Å². The number of hydroxylamine groups is 2. The van der Waals surface area contributed by atoms with Crippen molar-refractivity contribution in [3.63, 3.8) is 0 Å². The molecule has 3 heterocycles. The van der Waals surface area contributed by atoms with Crippen LogP contribution in [-0.2, 0) is 14.6 Å². The lowest BCUT2D eigenvalue weighted by Gasteiger charge is -2.37. The number of hydrogen-bond acceptors (Lipinski definition) is 10. The van der Waals surface area contributed by atoms with Gasteiger partial charge in [-0.2, -0.15) is 0 Å². The van der Waals surface area contributed by atoms with Gasteiger partial charge in [-0.1, -0.05) is 18.4 Å². The number of quaternary nitrogens is 1. The second-order valence-corrected chi connectivity index (χ2v) is 9.57. The van der Waals surface area contributed by atoms with E-state index >= 15 is 0 Å². The summed E-state index contributed by atoms with van der Waals surface area (Å²) >= 11 is 0.725. The Morgan fingerprint density at radius 1 is 1.52 bits per heavy atom. The van der Waals surface area contributed by atoms with Gasteiger partial charge < -0.3 is 14.4 Å².